The molecular formula is C24H28FN5O. The highest BCUT2D eigenvalue weighted by molar-refractivity contribution is 5.78. The summed E-state index contributed by atoms with van der Waals surface area (Å²) in [5.41, 5.74) is 5.47. The quantitative estimate of drug-likeness (QED) is 0.704. The summed E-state index contributed by atoms with van der Waals surface area (Å²) >= 11 is 0. The van der Waals surface area contributed by atoms with Crippen molar-refractivity contribution in [3.05, 3.63) is 63.8 Å². The standard InChI is InChI=1S/C24H28FN5O/c25-20-5-7-28(15-20)12-17-3-4-22-18-8-16(11-30(22)24(17)31)10-29(13-18)14-19-9-27-21-2-1-6-26-23(19)21/h1-4,6,9,16,18,20,27H,5,7-8,10-15H2/t16-,18+,20+/m0/s1. The van der Waals surface area contributed by atoms with E-state index in [0.717, 1.165) is 61.4 Å². The molecule has 0 unspecified atom stereocenters. The van der Waals surface area contributed by atoms with Gasteiger partial charge < -0.3 is 9.55 Å². The summed E-state index contributed by atoms with van der Waals surface area (Å²) in [6.45, 7) is 5.38. The highest BCUT2D eigenvalue weighted by Gasteiger charge is 2.35. The number of fused-ring (bicyclic) bond motifs is 5. The second kappa shape index (κ2) is 7.57. The van der Waals surface area contributed by atoms with E-state index >= 15 is 0 Å². The molecule has 0 spiro atoms. The fourth-order valence-electron chi connectivity index (χ4n) is 5.88. The number of aromatic nitrogens is 3. The number of halogens is 1. The summed E-state index contributed by atoms with van der Waals surface area (Å²) in [4.78, 5) is 25.7. The zero-order valence-electron chi connectivity index (χ0n) is 17.6. The molecule has 162 valence electrons. The molecule has 1 N–H and O–H groups in total. The first-order valence-electron chi connectivity index (χ1n) is 11.4. The van der Waals surface area contributed by atoms with Crippen LogP contribution < -0.4 is 5.56 Å². The molecular weight excluding hydrogens is 393 g/mol. The van der Waals surface area contributed by atoms with Crippen LogP contribution in [0, 0.1) is 5.92 Å². The zero-order chi connectivity index (χ0) is 20.9. The predicted molar refractivity (Wildman–Crippen MR) is 118 cm³/mol. The van der Waals surface area contributed by atoms with Crippen molar-refractivity contribution in [2.24, 2.45) is 5.92 Å². The van der Waals surface area contributed by atoms with Gasteiger partial charge >= 0.3 is 0 Å². The van der Waals surface area contributed by atoms with Crippen molar-refractivity contribution in [1.29, 1.82) is 0 Å². The minimum atomic E-state index is -0.752. The van der Waals surface area contributed by atoms with E-state index in [0.29, 0.717) is 31.3 Å². The molecule has 0 radical (unpaired) electrons. The Labute approximate surface area is 180 Å². The van der Waals surface area contributed by atoms with Gasteiger partial charge in [0.15, 0.2) is 0 Å². The second-order valence-electron chi connectivity index (χ2n) is 9.53. The fourth-order valence-corrected chi connectivity index (χ4v) is 5.88. The molecule has 31 heavy (non-hydrogen) atoms. The average Bonchev–Trinajstić information content (AvgIpc) is 3.36. The molecule has 3 aliphatic rings. The molecule has 6 heterocycles. The van der Waals surface area contributed by atoms with Gasteiger partial charge in [-0.25, -0.2) is 4.39 Å². The first-order chi connectivity index (χ1) is 15.1. The maximum atomic E-state index is 13.5. The lowest BCUT2D eigenvalue weighted by Crippen LogP contribution is -2.47. The Morgan fingerprint density at radius 3 is 2.84 bits per heavy atom. The number of alkyl halides is 1. The first kappa shape index (κ1) is 19.2. The molecule has 0 aliphatic carbocycles. The Kier molecular flexibility index (Phi) is 4.69. The van der Waals surface area contributed by atoms with Crippen LogP contribution in [0.1, 0.15) is 35.6 Å². The number of nitrogens with one attached hydrogen (secondary N) is 1. The number of hydrogen-bond donors (Lipinski definition) is 1. The van der Waals surface area contributed by atoms with Gasteiger partial charge in [0.05, 0.1) is 11.0 Å². The summed E-state index contributed by atoms with van der Waals surface area (Å²) < 4.78 is 15.5. The number of nitrogens with zero attached hydrogens (tertiary/aromatic N) is 4. The third-order valence-electron chi connectivity index (χ3n) is 7.28. The maximum absolute atomic E-state index is 13.5. The van der Waals surface area contributed by atoms with Crippen LogP contribution in [0.15, 0.2) is 41.5 Å². The number of aromatic amines is 1. The van der Waals surface area contributed by atoms with Crippen LogP contribution in [0.2, 0.25) is 0 Å². The fraction of sp³-hybridized carbons (Fsp3) is 0.500. The van der Waals surface area contributed by atoms with Gasteiger partial charge in [0.2, 0.25) is 0 Å². The van der Waals surface area contributed by atoms with Crippen LogP contribution >= 0.6 is 0 Å². The van der Waals surface area contributed by atoms with Crippen molar-refractivity contribution in [2.45, 2.75) is 44.6 Å². The maximum Gasteiger partial charge on any atom is 0.255 e. The third-order valence-corrected chi connectivity index (χ3v) is 7.28. The number of hydrogen-bond acceptors (Lipinski definition) is 4. The first-order valence-corrected chi connectivity index (χ1v) is 11.4. The molecule has 2 bridgehead atoms. The van der Waals surface area contributed by atoms with Crippen molar-refractivity contribution < 1.29 is 4.39 Å². The Bertz CT molecular complexity index is 1170. The number of piperidine rings is 1. The average molecular weight is 422 g/mol. The molecule has 3 atom stereocenters. The highest BCUT2D eigenvalue weighted by Crippen LogP contribution is 2.36. The lowest BCUT2D eigenvalue weighted by Gasteiger charge is -2.43. The SMILES string of the molecule is O=c1c(CN2CC[C@@H](F)C2)ccc2n1C[C@H]1C[C@@H]2CN(Cc2c[nH]c3cccnc23)C1. The van der Waals surface area contributed by atoms with E-state index in [1.165, 1.54) is 5.56 Å². The molecule has 3 aromatic heterocycles. The molecule has 6 nitrogen and oxygen atoms in total. The van der Waals surface area contributed by atoms with Gasteiger partial charge in [-0.3, -0.25) is 19.6 Å². The van der Waals surface area contributed by atoms with E-state index in [2.05, 4.69) is 38.1 Å². The van der Waals surface area contributed by atoms with E-state index < -0.39 is 6.17 Å². The van der Waals surface area contributed by atoms with E-state index in [9.17, 15) is 9.18 Å². The Morgan fingerprint density at radius 1 is 1.06 bits per heavy atom. The molecule has 7 heteroatoms. The smallest absolute Gasteiger partial charge is 0.255 e. The zero-order valence-corrected chi connectivity index (χ0v) is 17.6. The van der Waals surface area contributed by atoms with Gasteiger partial charge in [-0.2, -0.15) is 0 Å². The van der Waals surface area contributed by atoms with Gasteiger partial charge in [-0.1, -0.05) is 6.07 Å². The van der Waals surface area contributed by atoms with Crippen LogP contribution in [0.25, 0.3) is 11.0 Å². The summed E-state index contributed by atoms with van der Waals surface area (Å²) in [6.07, 6.45) is 4.90. The Morgan fingerprint density at radius 2 is 1.97 bits per heavy atom. The third kappa shape index (κ3) is 3.49. The van der Waals surface area contributed by atoms with E-state index in [-0.39, 0.29) is 5.56 Å². The number of likely N-dealkylation sites (tertiary alicyclic amines) is 2. The van der Waals surface area contributed by atoms with Crippen LogP contribution in [0.5, 0.6) is 0 Å². The largest absolute Gasteiger partial charge is 0.360 e. The van der Waals surface area contributed by atoms with Crippen molar-refractivity contribution in [3.63, 3.8) is 0 Å². The van der Waals surface area contributed by atoms with E-state index in [1.54, 1.807) is 0 Å². The number of H-pyrrole nitrogens is 1. The summed E-state index contributed by atoms with van der Waals surface area (Å²) in [5, 5.41) is 0. The van der Waals surface area contributed by atoms with Gasteiger partial charge in [0.25, 0.3) is 5.56 Å². The van der Waals surface area contributed by atoms with Crippen molar-refractivity contribution >= 4 is 11.0 Å². The molecule has 6 rings (SSSR count). The molecule has 2 fully saturated rings. The van der Waals surface area contributed by atoms with Crippen molar-refractivity contribution in [3.8, 4) is 0 Å². The molecule has 2 saturated heterocycles. The van der Waals surface area contributed by atoms with Crippen LogP contribution in [0.4, 0.5) is 4.39 Å². The van der Waals surface area contributed by atoms with Crippen molar-refractivity contribution in [2.75, 3.05) is 26.2 Å². The van der Waals surface area contributed by atoms with Gasteiger partial charge in [0, 0.05) is 80.9 Å². The molecule has 0 amide bonds. The Hall–Kier alpha value is -2.51. The lowest BCUT2D eigenvalue weighted by atomic mass is 9.83. The molecule has 0 aromatic carbocycles. The lowest BCUT2D eigenvalue weighted by molar-refractivity contribution is 0.114. The Balaban J connectivity index is 1.22. The van der Waals surface area contributed by atoms with Crippen LogP contribution in [0.3, 0.4) is 0 Å². The predicted octanol–water partition coefficient (Wildman–Crippen LogP) is 2.89. The van der Waals surface area contributed by atoms with Gasteiger partial charge in [-0.05, 0) is 37.0 Å². The molecule has 0 saturated carbocycles. The van der Waals surface area contributed by atoms with Gasteiger partial charge in [-0.15, -0.1) is 0 Å². The number of rotatable bonds is 4. The molecule has 3 aliphatic heterocycles. The minimum absolute atomic E-state index is 0.129. The van der Waals surface area contributed by atoms with Crippen molar-refractivity contribution in [1.82, 2.24) is 24.3 Å². The highest BCUT2D eigenvalue weighted by atomic mass is 19.1. The normalized spacial score (nSPS) is 26.4. The second-order valence-corrected chi connectivity index (χ2v) is 9.53. The summed E-state index contributed by atoms with van der Waals surface area (Å²) in [7, 11) is 0. The summed E-state index contributed by atoms with van der Waals surface area (Å²) in [5.74, 6) is 0.869. The van der Waals surface area contributed by atoms with Crippen LogP contribution in [-0.2, 0) is 19.6 Å². The van der Waals surface area contributed by atoms with E-state index in [4.69, 9.17) is 0 Å². The summed E-state index contributed by atoms with van der Waals surface area (Å²) in [6, 6.07) is 8.16. The monoisotopic (exact) mass is 421 g/mol. The van der Waals surface area contributed by atoms with Gasteiger partial charge in [0.1, 0.15) is 6.17 Å². The topological polar surface area (TPSA) is 57.2 Å². The van der Waals surface area contributed by atoms with E-state index in [1.807, 2.05) is 22.9 Å². The molecule has 3 aromatic rings. The minimum Gasteiger partial charge on any atom is -0.360 e. The number of pyridine rings is 2. The van der Waals surface area contributed by atoms with Crippen LogP contribution in [-0.4, -0.2) is 56.7 Å².